The first-order chi connectivity index (χ1) is 14.4. The number of ether oxygens (including phenoxy) is 4. The largest absolute Gasteiger partial charge is 0.412 e. The van der Waals surface area contributed by atoms with Gasteiger partial charge in [0, 0.05) is 13.2 Å². The molecule has 0 saturated carbocycles. The van der Waals surface area contributed by atoms with Crippen LogP contribution in [0.1, 0.15) is 40.5 Å². The van der Waals surface area contributed by atoms with Gasteiger partial charge in [0.25, 0.3) is 0 Å². The Morgan fingerprint density at radius 2 is 1.53 bits per heavy atom. The van der Waals surface area contributed by atoms with Crippen LogP contribution in [0.3, 0.4) is 0 Å². The van der Waals surface area contributed by atoms with E-state index in [1.165, 1.54) is 13.8 Å². The Hall–Kier alpha value is -0.690. The molecule has 0 aliphatic carbocycles. The highest BCUT2D eigenvalue weighted by atomic mass is 16.7. The molecule has 0 bridgehead atoms. The van der Waals surface area contributed by atoms with Gasteiger partial charge in [0.1, 0.15) is 18.0 Å². The molecule has 2 unspecified atom stereocenters. The predicted octanol–water partition coefficient (Wildman–Crippen LogP) is 0.185. The summed E-state index contributed by atoms with van der Waals surface area (Å²) in [5, 5.41) is 17.3. The van der Waals surface area contributed by atoms with Crippen LogP contribution in [0.15, 0.2) is 0 Å². The lowest BCUT2D eigenvalue weighted by Gasteiger charge is -2.17. The second kappa shape index (κ2) is 22.1. The lowest BCUT2D eigenvalue weighted by Crippen LogP contribution is -2.24. The summed E-state index contributed by atoms with van der Waals surface area (Å²) in [7, 11) is 8.14. The zero-order valence-corrected chi connectivity index (χ0v) is 21.6. The van der Waals surface area contributed by atoms with E-state index in [4.69, 9.17) is 29.2 Å². The predicted molar refractivity (Wildman–Crippen MR) is 126 cm³/mol. The van der Waals surface area contributed by atoms with Crippen LogP contribution in [-0.4, -0.2) is 130 Å². The molecule has 1 saturated heterocycles. The van der Waals surface area contributed by atoms with E-state index in [-0.39, 0.29) is 30.6 Å². The molecule has 0 spiro atoms. The van der Waals surface area contributed by atoms with Crippen molar-refractivity contribution in [3.8, 4) is 0 Å². The summed E-state index contributed by atoms with van der Waals surface area (Å²) in [6, 6.07) is 0. The molecule has 196 valence electrons. The maximum atomic E-state index is 9.44. The molecular weight excluding hydrogens is 420 g/mol. The van der Waals surface area contributed by atoms with Gasteiger partial charge in [0.2, 0.25) is 0 Å². The maximum Gasteiger partial charge on any atom is 0.163 e. The van der Waals surface area contributed by atoms with Gasteiger partial charge in [0.15, 0.2) is 5.79 Å². The van der Waals surface area contributed by atoms with Gasteiger partial charge in [-0.1, -0.05) is 0 Å². The fraction of sp³-hybridized carbons (Fsp3) is 0.955. The molecule has 1 fully saturated rings. The van der Waals surface area contributed by atoms with E-state index in [0.717, 1.165) is 32.5 Å². The van der Waals surface area contributed by atoms with Gasteiger partial charge in [-0.3, -0.25) is 0 Å². The van der Waals surface area contributed by atoms with Crippen LogP contribution in [0, 0.1) is 0 Å². The minimum Gasteiger partial charge on any atom is -0.412 e. The van der Waals surface area contributed by atoms with Crippen LogP contribution in [0.5, 0.6) is 0 Å². The lowest BCUT2D eigenvalue weighted by atomic mass is 10.4. The summed E-state index contributed by atoms with van der Waals surface area (Å²) in [5.74, 6) is -0.266. The number of nitrogens with zero attached hydrogens (tertiary/aromatic N) is 2. The number of carbonyl (C=O) groups is 1. The number of carbonyl (C=O) groups excluding carboxylic acids is 1. The summed E-state index contributed by atoms with van der Waals surface area (Å²) < 4.78 is 21.7. The number of aliphatic hydroxyl groups excluding tert-OH is 2. The lowest BCUT2D eigenvalue weighted by molar-refractivity contribution is -0.145. The van der Waals surface area contributed by atoms with E-state index in [2.05, 4.69) is 23.9 Å². The smallest absolute Gasteiger partial charge is 0.163 e. The third kappa shape index (κ3) is 29.3. The van der Waals surface area contributed by atoms with E-state index in [1.54, 1.807) is 0 Å². The molecule has 32 heavy (non-hydrogen) atoms. The topological polar surface area (TPSA) is 132 Å². The zero-order valence-electron chi connectivity index (χ0n) is 21.6. The molecule has 1 heterocycles. The molecule has 1 aliphatic heterocycles. The molecule has 10 nitrogen and oxygen atoms in total. The van der Waals surface area contributed by atoms with Crippen LogP contribution in [0.25, 0.3) is 0 Å². The Labute approximate surface area is 195 Å². The molecule has 4 N–H and O–H groups in total. The molecule has 0 aromatic carbocycles. The van der Waals surface area contributed by atoms with E-state index >= 15 is 0 Å². The highest BCUT2D eigenvalue weighted by Crippen LogP contribution is 2.22. The fourth-order valence-electron chi connectivity index (χ4n) is 2.30. The van der Waals surface area contributed by atoms with Gasteiger partial charge in [-0.25, -0.2) is 0 Å². The van der Waals surface area contributed by atoms with Gasteiger partial charge in [-0.05, 0) is 81.8 Å². The summed E-state index contributed by atoms with van der Waals surface area (Å²) in [5.41, 5.74) is 0. The molecule has 1 aliphatic rings. The van der Waals surface area contributed by atoms with Crippen molar-refractivity contribution in [2.75, 3.05) is 80.9 Å². The Morgan fingerprint density at radius 1 is 1.06 bits per heavy atom. The van der Waals surface area contributed by atoms with E-state index in [1.807, 2.05) is 27.9 Å². The molecule has 0 radical (unpaired) electrons. The van der Waals surface area contributed by atoms with Crippen LogP contribution in [-0.2, 0) is 23.7 Å². The third-order valence-corrected chi connectivity index (χ3v) is 3.68. The SMILES string of the molecule is CC(C)=O.CN(C)CCCOCC(O)CO.CN(C)CCCOCC1COC(C)(C)O1.O. The van der Waals surface area contributed by atoms with E-state index < -0.39 is 11.9 Å². The minimum atomic E-state index is -0.732. The van der Waals surface area contributed by atoms with Gasteiger partial charge in [-0.15, -0.1) is 0 Å². The molecule has 0 aromatic rings. The maximum absolute atomic E-state index is 9.44. The normalized spacial score (nSPS) is 17.7. The Bertz CT molecular complexity index is 419. The number of hydrogen-bond acceptors (Lipinski definition) is 9. The number of hydrogen-bond donors (Lipinski definition) is 2. The van der Waals surface area contributed by atoms with Crippen molar-refractivity contribution < 1.29 is 39.4 Å². The zero-order chi connectivity index (χ0) is 24.3. The highest BCUT2D eigenvalue weighted by Gasteiger charge is 2.32. The first kappa shape index (κ1) is 35.9. The minimum absolute atomic E-state index is 0. The van der Waals surface area contributed by atoms with Crippen molar-refractivity contribution in [2.24, 2.45) is 0 Å². The molecule has 2 atom stereocenters. The second-order valence-corrected chi connectivity index (χ2v) is 8.66. The van der Waals surface area contributed by atoms with E-state index in [9.17, 15) is 4.79 Å². The van der Waals surface area contributed by atoms with Gasteiger partial charge >= 0.3 is 0 Å². The van der Waals surface area contributed by atoms with Gasteiger partial charge < -0.3 is 49.2 Å². The van der Waals surface area contributed by atoms with Crippen LogP contribution in [0.4, 0.5) is 0 Å². The van der Waals surface area contributed by atoms with E-state index in [0.29, 0.717) is 19.8 Å². The Morgan fingerprint density at radius 3 is 1.91 bits per heavy atom. The van der Waals surface area contributed by atoms with Crippen LogP contribution in [0.2, 0.25) is 0 Å². The number of rotatable bonds is 13. The monoisotopic (exact) mass is 470 g/mol. The van der Waals surface area contributed by atoms with Crippen molar-refractivity contribution >= 4 is 5.78 Å². The third-order valence-electron chi connectivity index (χ3n) is 3.68. The molecular formula is C22H50N2O8. The molecule has 0 amide bonds. The van der Waals surface area contributed by atoms with Crippen LogP contribution < -0.4 is 0 Å². The second-order valence-electron chi connectivity index (χ2n) is 8.66. The van der Waals surface area contributed by atoms with Crippen molar-refractivity contribution in [3.05, 3.63) is 0 Å². The summed E-state index contributed by atoms with van der Waals surface area (Å²) in [4.78, 5) is 13.7. The fourth-order valence-corrected chi connectivity index (χ4v) is 2.30. The van der Waals surface area contributed by atoms with Crippen LogP contribution >= 0.6 is 0 Å². The molecule has 10 heteroatoms. The summed E-state index contributed by atoms with van der Waals surface area (Å²) >= 11 is 0. The average Bonchev–Trinajstić information content (AvgIpc) is 2.99. The molecule has 1 rings (SSSR count). The first-order valence-corrected chi connectivity index (χ1v) is 10.9. The van der Waals surface area contributed by atoms with Crippen molar-refractivity contribution in [1.82, 2.24) is 9.80 Å². The van der Waals surface area contributed by atoms with Crippen molar-refractivity contribution in [3.63, 3.8) is 0 Å². The standard InChI is InChI=1S/C11H23NO3.C8H19NO3.C3H6O.H2O/c1-11(2)14-9-10(15-11)8-13-7-5-6-12(3)4;1-9(2)4-3-5-12-7-8(11)6-10;1-3(2)4;/h10H,5-9H2,1-4H3;8,10-11H,3-7H2,1-2H3;1-2H3;1H2. The quantitative estimate of drug-likeness (QED) is 0.362. The highest BCUT2D eigenvalue weighted by molar-refractivity contribution is 5.72. The number of ketones is 1. The van der Waals surface area contributed by atoms with Crippen molar-refractivity contribution in [2.45, 2.75) is 58.5 Å². The Kier molecular flexibility index (Phi) is 24.8. The average molecular weight is 471 g/mol. The number of aliphatic hydroxyl groups is 2. The molecule has 0 aromatic heterocycles. The van der Waals surface area contributed by atoms with Gasteiger partial charge in [0.05, 0.1) is 26.4 Å². The van der Waals surface area contributed by atoms with Gasteiger partial charge in [-0.2, -0.15) is 0 Å². The Balaban J connectivity index is -0.000000446. The summed E-state index contributed by atoms with van der Waals surface area (Å²) in [6.45, 7) is 11.7. The number of Topliss-reactive ketones (excluding diaryl/α,β-unsaturated/α-hetero) is 1. The first-order valence-electron chi connectivity index (χ1n) is 10.9. The summed E-state index contributed by atoms with van der Waals surface area (Å²) in [6.07, 6.45) is 1.37. The van der Waals surface area contributed by atoms with Crippen molar-refractivity contribution in [1.29, 1.82) is 0 Å².